The summed E-state index contributed by atoms with van der Waals surface area (Å²) >= 11 is 1.38. The third-order valence-corrected chi connectivity index (χ3v) is 4.57. The van der Waals surface area contributed by atoms with Crippen LogP contribution in [-0.4, -0.2) is 22.0 Å². The van der Waals surface area contributed by atoms with E-state index >= 15 is 0 Å². The number of para-hydroxylation sites is 1. The van der Waals surface area contributed by atoms with Crippen molar-refractivity contribution in [2.75, 3.05) is 5.32 Å². The first kappa shape index (κ1) is 13.8. The van der Waals surface area contributed by atoms with Crippen molar-refractivity contribution in [3.8, 4) is 0 Å². The molecule has 0 spiro atoms. The summed E-state index contributed by atoms with van der Waals surface area (Å²) in [5, 5.41) is 12.9. The lowest BCUT2D eigenvalue weighted by Gasteiger charge is -2.10. The molecule has 1 fully saturated rings. The fourth-order valence-electron chi connectivity index (χ4n) is 2.10. The number of carboxylic acids is 1. The number of hydrogen-bond donors (Lipinski definition) is 2. The third kappa shape index (κ3) is 2.80. The van der Waals surface area contributed by atoms with Crippen LogP contribution in [0, 0.1) is 6.92 Å². The molecule has 0 atom stereocenters. The maximum absolute atomic E-state index is 12.3. The normalized spacial score (nSPS) is 14.0. The summed E-state index contributed by atoms with van der Waals surface area (Å²) in [7, 11) is 0. The topological polar surface area (TPSA) is 79.3 Å². The first-order valence-corrected chi connectivity index (χ1v) is 7.48. The van der Waals surface area contributed by atoms with Gasteiger partial charge >= 0.3 is 5.97 Å². The molecule has 0 unspecified atom stereocenters. The Balaban J connectivity index is 1.85. The average molecular weight is 302 g/mol. The monoisotopic (exact) mass is 302 g/mol. The molecule has 1 amide bonds. The van der Waals surface area contributed by atoms with Crippen molar-refractivity contribution in [2.24, 2.45) is 0 Å². The van der Waals surface area contributed by atoms with Crippen LogP contribution in [0.1, 0.15) is 49.4 Å². The van der Waals surface area contributed by atoms with Crippen LogP contribution >= 0.6 is 11.3 Å². The highest BCUT2D eigenvalue weighted by atomic mass is 32.1. The van der Waals surface area contributed by atoms with Gasteiger partial charge in [-0.3, -0.25) is 4.79 Å². The molecule has 108 valence electrons. The number of aryl methyl sites for hydroxylation is 1. The maximum atomic E-state index is 12.3. The molecular formula is C15H14N2O3S. The number of nitrogens with zero attached hydrogens (tertiary/aromatic N) is 1. The van der Waals surface area contributed by atoms with Gasteiger partial charge in [0.1, 0.15) is 4.88 Å². The Morgan fingerprint density at radius 2 is 2.14 bits per heavy atom. The van der Waals surface area contributed by atoms with E-state index < -0.39 is 5.97 Å². The van der Waals surface area contributed by atoms with Crippen molar-refractivity contribution in [3.05, 3.63) is 45.4 Å². The summed E-state index contributed by atoms with van der Waals surface area (Å²) in [5.41, 5.74) is 1.15. The molecule has 0 radical (unpaired) electrons. The molecule has 5 nitrogen and oxygen atoms in total. The quantitative estimate of drug-likeness (QED) is 0.908. The highest BCUT2D eigenvalue weighted by molar-refractivity contribution is 7.13. The molecule has 21 heavy (non-hydrogen) atoms. The summed E-state index contributed by atoms with van der Waals surface area (Å²) in [6.45, 7) is 1.77. The Bertz CT molecular complexity index is 719. The third-order valence-electron chi connectivity index (χ3n) is 3.42. The summed E-state index contributed by atoms with van der Waals surface area (Å²) < 4.78 is 0. The summed E-state index contributed by atoms with van der Waals surface area (Å²) in [6.07, 6.45) is 3.83. The van der Waals surface area contributed by atoms with Crippen LogP contribution in [0.3, 0.4) is 0 Å². The largest absolute Gasteiger partial charge is 0.478 e. The molecule has 1 heterocycles. The summed E-state index contributed by atoms with van der Waals surface area (Å²) in [6, 6.07) is 4.91. The Morgan fingerprint density at radius 3 is 2.81 bits per heavy atom. The molecule has 1 aliphatic carbocycles. The smallest absolute Gasteiger partial charge is 0.337 e. The standard InChI is InChI=1S/C15H14N2O3S/c1-8-3-2-4-10(15(19)20)12(8)17-13(18)11-7-16-14(21-11)9-5-6-9/h2-4,7,9H,5-6H2,1H3,(H,17,18)(H,19,20). The van der Waals surface area contributed by atoms with Crippen molar-refractivity contribution in [1.82, 2.24) is 4.98 Å². The van der Waals surface area contributed by atoms with Crippen LogP contribution in [0.5, 0.6) is 0 Å². The highest BCUT2D eigenvalue weighted by Crippen LogP contribution is 2.41. The van der Waals surface area contributed by atoms with E-state index in [2.05, 4.69) is 10.3 Å². The van der Waals surface area contributed by atoms with Crippen LogP contribution in [0.25, 0.3) is 0 Å². The number of benzene rings is 1. The van der Waals surface area contributed by atoms with E-state index in [1.807, 2.05) is 0 Å². The predicted octanol–water partition coefficient (Wildman–Crippen LogP) is 3.28. The van der Waals surface area contributed by atoms with E-state index in [4.69, 9.17) is 0 Å². The molecule has 2 N–H and O–H groups in total. The van der Waals surface area contributed by atoms with Gasteiger partial charge in [-0.25, -0.2) is 9.78 Å². The Hall–Kier alpha value is -2.21. The number of carbonyl (C=O) groups excluding carboxylic acids is 1. The fraction of sp³-hybridized carbons (Fsp3) is 0.267. The zero-order valence-electron chi connectivity index (χ0n) is 11.4. The van der Waals surface area contributed by atoms with Crippen LogP contribution in [0.2, 0.25) is 0 Å². The van der Waals surface area contributed by atoms with Crippen molar-refractivity contribution >= 4 is 28.9 Å². The van der Waals surface area contributed by atoms with Crippen LogP contribution < -0.4 is 5.32 Å². The second-order valence-electron chi connectivity index (χ2n) is 5.09. The molecule has 1 aliphatic rings. The van der Waals surface area contributed by atoms with Gasteiger partial charge in [0.15, 0.2) is 0 Å². The minimum Gasteiger partial charge on any atom is -0.478 e. The molecule has 1 aromatic carbocycles. The molecule has 6 heteroatoms. The van der Waals surface area contributed by atoms with E-state index in [-0.39, 0.29) is 11.5 Å². The molecule has 3 rings (SSSR count). The minimum absolute atomic E-state index is 0.0929. The molecule has 0 bridgehead atoms. The Morgan fingerprint density at radius 1 is 1.38 bits per heavy atom. The molecule has 1 saturated carbocycles. The van der Waals surface area contributed by atoms with Gasteiger partial charge in [0.05, 0.1) is 22.5 Å². The van der Waals surface area contributed by atoms with Gasteiger partial charge in [-0.15, -0.1) is 11.3 Å². The maximum Gasteiger partial charge on any atom is 0.337 e. The first-order valence-electron chi connectivity index (χ1n) is 6.66. The van der Waals surface area contributed by atoms with E-state index in [1.54, 1.807) is 25.3 Å². The minimum atomic E-state index is -1.06. The van der Waals surface area contributed by atoms with Crippen molar-refractivity contribution in [3.63, 3.8) is 0 Å². The zero-order valence-corrected chi connectivity index (χ0v) is 12.2. The lowest BCUT2D eigenvalue weighted by Crippen LogP contribution is -2.14. The second kappa shape index (κ2) is 5.29. The van der Waals surface area contributed by atoms with E-state index in [9.17, 15) is 14.7 Å². The number of rotatable bonds is 4. The zero-order chi connectivity index (χ0) is 15.0. The van der Waals surface area contributed by atoms with Gasteiger partial charge in [-0.1, -0.05) is 12.1 Å². The summed E-state index contributed by atoms with van der Waals surface area (Å²) in [5.74, 6) is -0.863. The van der Waals surface area contributed by atoms with Crippen molar-refractivity contribution < 1.29 is 14.7 Å². The number of carbonyl (C=O) groups is 2. The van der Waals surface area contributed by atoms with E-state index in [1.165, 1.54) is 17.4 Å². The summed E-state index contributed by atoms with van der Waals surface area (Å²) in [4.78, 5) is 28.3. The van der Waals surface area contributed by atoms with Crippen molar-refractivity contribution in [2.45, 2.75) is 25.7 Å². The number of amides is 1. The van der Waals surface area contributed by atoms with Crippen LogP contribution in [0.15, 0.2) is 24.4 Å². The second-order valence-corrected chi connectivity index (χ2v) is 6.16. The fourth-order valence-corrected chi connectivity index (χ4v) is 3.08. The predicted molar refractivity (Wildman–Crippen MR) is 80.2 cm³/mol. The SMILES string of the molecule is Cc1cccc(C(=O)O)c1NC(=O)c1cnc(C2CC2)s1. The number of carboxylic acid groups (broad SMARTS) is 1. The average Bonchev–Trinajstić information content (AvgIpc) is 3.18. The van der Waals surface area contributed by atoms with Gasteiger partial charge in [0, 0.05) is 5.92 Å². The van der Waals surface area contributed by atoms with Gasteiger partial charge < -0.3 is 10.4 Å². The number of anilines is 1. The van der Waals surface area contributed by atoms with Crippen molar-refractivity contribution in [1.29, 1.82) is 0 Å². The van der Waals surface area contributed by atoms with E-state index in [0.29, 0.717) is 16.5 Å². The van der Waals surface area contributed by atoms with Crippen LogP contribution in [-0.2, 0) is 0 Å². The molecule has 0 aliphatic heterocycles. The molecular weight excluding hydrogens is 288 g/mol. The lowest BCUT2D eigenvalue weighted by molar-refractivity contribution is 0.0698. The number of hydrogen-bond acceptors (Lipinski definition) is 4. The highest BCUT2D eigenvalue weighted by Gasteiger charge is 2.27. The number of thiazole rings is 1. The van der Waals surface area contributed by atoms with Gasteiger partial charge in [0.25, 0.3) is 5.91 Å². The molecule has 2 aromatic rings. The molecule has 0 saturated heterocycles. The van der Waals surface area contributed by atoms with Gasteiger partial charge in [0.2, 0.25) is 0 Å². The number of nitrogens with one attached hydrogen (secondary N) is 1. The first-order chi connectivity index (χ1) is 10.1. The Kier molecular flexibility index (Phi) is 3.47. The molecule has 1 aromatic heterocycles. The number of aromatic carboxylic acids is 1. The number of aromatic nitrogens is 1. The van der Waals surface area contributed by atoms with Gasteiger partial charge in [-0.2, -0.15) is 0 Å². The lowest BCUT2D eigenvalue weighted by atomic mass is 10.1. The van der Waals surface area contributed by atoms with E-state index in [0.717, 1.165) is 23.4 Å². The van der Waals surface area contributed by atoms with Crippen LogP contribution in [0.4, 0.5) is 5.69 Å². The van der Waals surface area contributed by atoms with Gasteiger partial charge in [-0.05, 0) is 31.4 Å². The Labute approximate surface area is 125 Å².